The monoisotopic (exact) mass is 1540 g/mol. The van der Waals surface area contributed by atoms with Crippen LogP contribution in [0.5, 0.6) is 0 Å². The van der Waals surface area contributed by atoms with Gasteiger partial charge in [-0.3, -0.25) is 0 Å². The molecule has 10 heteroatoms. The van der Waals surface area contributed by atoms with Crippen LogP contribution in [0.1, 0.15) is 86.7 Å². The number of fused-ring (bicyclic) bond motifs is 16. The van der Waals surface area contributed by atoms with Crippen molar-refractivity contribution in [3.63, 3.8) is 0 Å². The van der Waals surface area contributed by atoms with E-state index in [4.69, 9.17) is 0 Å². The first-order valence-electron chi connectivity index (χ1n) is 35.9. The van der Waals surface area contributed by atoms with Crippen molar-refractivity contribution >= 4 is 123 Å². The molecule has 0 amide bonds. The average Bonchev–Trinajstić information content (AvgIpc) is 1.59. The fourth-order valence-electron chi connectivity index (χ4n) is 19.1. The number of allylic oxidation sites excluding steroid dienone is 4. The maximum Gasteiger partial charge on any atom is -1.00 e. The number of hydrogen-bond acceptors (Lipinski definition) is 0. The Morgan fingerprint density at radius 2 is 0.392 bits per heavy atom. The molecule has 4 aliphatic rings. The normalized spacial score (nSPS) is 16.5. The second-order valence-corrected chi connectivity index (χ2v) is 69.3. The number of para-hydroxylation sites is 8. The molecule has 0 saturated carbocycles. The van der Waals surface area contributed by atoms with Crippen LogP contribution >= 0.6 is 0 Å². The smallest absolute Gasteiger partial charge is 1.00 e. The van der Waals surface area contributed by atoms with Crippen molar-refractivity contribution in [1.29, 1.82) is 0 Å². The molecule has 0 aliphatic heterocycles. The number of aromatic nitrogens is 4. The maximum absolute atomic E-state index is 2.67. The van der Waals surface area contributed by atoms with Gasteiger partial charge in [-0.15, -0.1) is 0 Å². The van der Waals surface area contributed by atoms with Crippen molar-refractivity contribution in [1.82, 2.24) is 18.3 Å². The first kappa shape index (κ1) is 66.8. The third-order valence-electron chi connectivity index (χ3n) is 23.0. The summed E-state index contributed by atoms with van der Waals surface area (Å²) >= 11 is -4.46. The average molecular weight is 1550 g/mol. The van der Waals surface area contributed by atoms with Gasteiger partial charge in [-0.1, -0.05) is 0 Å². The minimum atomic E-state index is -2.23. The Bertz CT molecular complexity index is 5290. The molecule has 0 spiro atoms. The van der Waals surface area contributed by atoms with E-state index in [9.17, 15) is 0 Å². The Hall–Kier alpha value is -8.42. The van der Waals surface area contributed by atoms with Crippen molar-refractivity contribution in [2.45, 2.75) is 68.4 Å². The second kappa shape index (κ2) is 26.4. The van der Waals surface area contributed by atoms with E-state index in [-0.39, 0.29) is 24.8 Å². The Kier molecular flexibility index (Phi) is 17.3. The van der Waals surface area contributed by atoms with Crippen molar-refractivity contribution < 1.29 is 66.6 Å². The minimum Gasteiger partial charge on any atom is -1.00 e. The zero-order chi connectivity index (χ0) is 67.3. The Morgan fingerprint density at radius 3 is 0.559 bits per heavy atom. The van der Waals surface area contributed by atoms with Crippen molar-refractivity contribution in [2.75, 3.05) is 0 Å². The quantitative estimate of drug-likeness (QED) is 0.122. The fourth-order valence-corrected chi connectivity index (χ4v) is 65.5. The molecule has 0 bridgehead atoms. The molecule has 102 heavy (non-hydrogen) atoms. The first-order valence-corrected chi connectivity index (χ1v) is 55.9. The van der Waals surface area contributed by atoms with Gasteiger partial charge in [-0.2, -0.15) is 0 Å². The number of hydrogen-bond donors (Lipinski definition) is 0. The summed E-state index contributed by atoms with van der Waals surface area (Å²) in [6.45, 7) is 20.4. The summed E-state index contributed by atoms with van der Waals surface area (Å²) in [6.07, 6.45) is 10.3. The van der Waals surface area contributed by atoms with Crippen LogP contribution in [0.25, 0.3) is 134 Å². The Labute approximate surface area is 627 Å². The SMILES string of the molecule is CC1=Cc2c(cccc2-n2c3ccccc3c3ccccc32)[CH]1[Zr+]([CH]1C(C)=Cc2c1cccc2-n1c2ccccc2c2ccccc21)[SiH](C)C.CC1=Cc2c(cccc2-n2c3ccccc3c3ccccc32)[CH]1[Zr+]([CH]1C(C)=Cc2c1cccc2-n1c2ccccc2c2ccccc21)[SiH](C)C.[Cl-].[Cl-]. The molecule has 0 fully saturated rings. The first-order chi connectivity index (χ1) is 49.0. The van der Waals surface area contributed by atoms with E-state index in [1.807, 2.05) is 0 Å². The number of rotatable bonds is 10. The largest absolute Gasteiger partial charge is 1.00 e. The van der Waals surface area contributed by atoms with Gasteiger partial charge in [0, 0.05) is 0 Å². The van der Waals surface area contributed by atoms with Crippen LogP contribution in [-0.4, -0.2) is 30.1 Å². The van der Waals surface area contributed by atoms with Crippen LogP contribution in [0, 0.1) is 0 Å². The molecule has 0 saturated heterocycles. The van der Waals surface area contributed by atoms with Crippen LogP contribution in [0.3, 0.4) is 0 Å². The molecule has 4 heterocycles. The number of benzene rings is 12. The maximum atomic E-state index is 2.67. The molecule has 0 N–H and O–H groups in total. The molecule has 4 unspecified atom stereocenters. The van der Waals surface area contributed by atoms with E-state index in [1.54, 1.807) is 44.5 Å². The van der Waals surface area contributed by atoms with Crippen LogP contribution in [-0.2, 0) is 41.8 Å². The molecule has 4 atom stereocenters. The van der Waals surface area contributed by atoms with Crippen LogP contribution < -0.4 is 24.8 Å². The molecule has 4 aliphatic carbocycles. The van der Waals surface area contributed by atoms with E-state index in [0.717, 1.165) is 0 Å². The number of halogens is 2. The molecule has 0 radical (unpaired) electrons. The van der Waals surface area contributed by atoms with Gasteiger partial charge in [-0.25, -0.2) is 0 Å². The van der Waals surface area contributed by atoms with Crippen molar-refractivity contribution in [3.8, 4) is 22.7 Å². The van der Waals surface area contributed by atoms with Gasteiger partial charge in [-0.05, 0) is 0 Å². The third kappa shape index (κ3) is 10.2. The summed E-state index contributed by atoms with van der Waals surface area (Å²) in [5.41, 5.74) is 34.0. The third-order valence-corrected chi connectivity index (χ3v) is 67.3. The summed E-state index contributed by atoms with van der Waals surface area (Å²) in [7, 11) is 0. The summed E-state index contributed by atoms with van der Waals surface area (Å²) in [4.78, 5) is 0. The zero-order valence-electron chi connectivity index (χ0n) is 58.7. The molecule has 12 aromatic carbocycles. The van der Waals surface area contributed by atoms with E-state index in [0.29, 0.717) is 14.5 Å². The molecule has 496 valence electrons. The van der Waals surface area contributed by atoms with E-state index in [2.05, 4.69) is 363 Å². The zero-order valence-corrected chi connectivity index (χ0v) is 67.5. The molecule has 4 nitrogen and oxygen atoms in total. The molecule has 16 aromatic rings. The van der Waals surface area contributed by atoms with Crippen molar-refractivity contribution in [3.05, 3.63) is 334 Å². The van der Waals surface area contributed by atoms with Crippen LogP contribution in [0.4, 0.5) is 0 Å². The van der Waals surface area contributed by atoms with Gasteiger partial charge in [0.1, 0.15) is 0 Å². The van der Waals surface area contributed by atoms with Gasteiger partial charge in [0.25, 0.3) is 0 Å². The number of nitrogens with zero attached hydrogens (tertiary/aromatic N) is 4. The van der Waals surface area contributed by atoms with Gasteiger partial charge in [0.15, 0.2) is 0 Å². The topological polar surface area (TPSA) is 19.7 Å². The summed E-state index contributed by atoms with van der Waals surface area (Å²) < 4.78 is 12.5. The van der Waals surface area contributed by atoms with Crippen LogP contribution in [0.2, 0.25) is 26.2 Å². The van der Waals surface area contributed by atoms with Gasteiger partial charge in [0.05, 0.1) is 0 Å². The van der Waals surface area contributed by atoms with Gasteiger partial charge >= 0.3 is 608 Å². The summed E-state index contributed by atoms with van der Waals surface area (Å²) in [5.74, 6) is -2.00. The minimum absolute atomic E-state index is 0. The van der Waals surface area contributed by atoms with E-state index in [1.165, 1.54) is 132 Å². The van der Waals surface area contributed by atoms with Gasteiger partial charge < -0.3 is 24.8 Å². The molecular formula is C92H78Cl2N4Si2Zr2. The molecule has 20 rings (SSSR count). The molecule has 4 aromatic heterocycles. The standard InChI is InChI=1S/4C22H16N.2C2H7Si.2ClH.2Zr/c4*1-15-13-16-7-6-12-22(19(16)14-15)23-20-10-4-2-8-17(20)18-9-3-5-11-21(18)23;2*1-3-2;;;;/h4*2-14H,1H3;2*3H,1-2H3;2*1H;;/q;;;;;;;;2*+1/p-2. The van der Waals surface area contributed by atoms with Crippen LogP contribution in [0.15, 0.2) is 289 Å². The second-order valence-electron chi connectivity index (χ2n) is 29.2. The predicted octanol–water partition coefficient (Wildman–Crippen LogP) is 18.2. The fraction of sp³-hybridized carbons (Fsp3) is 0.130. The van der Waals surface area contributed by atoms with E-state index < -0.39 is 53.7 Å². The van der Waals surface area contributed by atoms with Gasteiger partial charge in [0.2, 0.25) is 0 Å². The van der Waals surface area contributed by atoms with E-state index >= 15 is 0 Å². The van der Waals surface area contributed by atoms with Crippen molar-refractivity contribution in [2.24, 2.45) is 0 Å². The summed E-state index contributed by atoms with van der Waals surface area (Å²) in [6, 6.07) is 100. The summed E-state index contributed by atoms with van der Waals surface area (Å²) in [5, 5.41) is 10.6. The Morgan fingerprint density at radius 1 is 0.225 bits per heavy atom. The predicted molar refractivity (Wildman–Crippen MR) is 426 cm³/mol. The Balaban J connectivity index is 0.000000149. The molecular weight excluding hydrogens is 1470 g/mol.